The van der Waals surface area contributed by atoms with Crippen molar-refractivity contribution in [2.45, 2.75) is 32.2 Å². The molecule has 1 amide bonds. The molecule has 206 valence electrons. The highest BCUT2D eigenvalue weighted by Gasteiger charge is 2.55. The molecule has 0 spiro atoms. The minimum Gasteiger partial charge on any atom is -0.482 e. The maximum atomic E-state index is 14.8. The Morgan fingerprint density at radius 3 is 2.51 bits per heavy atom. The van der Waals surface area contributed by atoms with Crippen molar-refractivity contribution in [3.05, 3.63) is 140 Å². The molecule has 0 saturated carbocycles. The lowest BCUT2D eigenvalue weighted by Gasteiger charge is -2.49. The van der Waals surface area contributed by atoms with E-state index in [0.717, 1.165) is 27.8 Å². The molecule has 3 aromatic carbocycles. The van der Waals surface area contributed by atoms with Crippen molar-refractivity contribution in [2.24, 2.45) is 0 Å². The Labute approximate surface area is 235 Å². The van der Waals surface area contributed by atoms with Gasteiger partial charge in [-0.3, -0.25) is 19.3 Å². The van der Waals surface area contributed by atoms with E-state index in [4.69, 9.17) is 4.74 Å². The summed E-state index contributed by atoms with van der Waals surface area (Å²) < 4.78 is 36.8. The van der Waals surface area contributed by atoms with E-state index in [9.17, 15) is 18.4 Å². The topological polar surface area (TPSA) is 54.8 Å². The van der Waals surface area contributed by atoms with E-state index in [2.05, 4.69) is 6.07 Å². The fourth-order valence-corrected chi connectivity index (χ4v) is 6.61. The van der Waals surface area contributed by atoms with Crippen LogP contribution in [0.2, 0.25) is 0 Å². The van der Waals surface area contributed by atoms with Crippen LogP contribution in [0, 0.1) is 5.82 Å². The van der Waals surface area contributed by atoms with Crippen LogP contribution >= 0.6 is 0 Å². The lowest BCUT2D eigenvalue weighted by molar-refractivity contribution is 0.0675. The van der Waals surface area contributed by atoms with Crippen LogP contribution in [0.5, 0.6) is 5.75 Å². The highest BCUT2D eigenvalue weighted by Crippen LogP contribution is 2.56. The Morgan fingerprint density at radius 2 is 1.73 bits per heavy atom. The molecule has 1 unspecified atom stereocenters. The van der Waals surface area contributed by atoms with Gasteiger partial charge >= 0.3 is 0 Å². The Bertz CT molecular complexity index is 1800. The Balaban J connectivity index is 1.47. The molecule has 1 atom stereocenters. The third kappa shape index (κ3) is 3.53. The molecule has 1 aromatic heterocycles. The molecule has 1 aliphatic heterocycles. The monoisotopic (exact) mass is 551 g/mol. The van der Waals surface area contributed by atoms with E-state index in [-0.39, 0.29) is 36.2 Å². The van der Waals surface area contributed by atoms with Crippen molar-refractivity contribution in [2.75, 3.05) is 18.2 Å². The van der Waals surface area contributed by atoms with E-state index in [1.165, 1.54) is 12.1 Å². The molecule has 0 saturated heterocycles. The van der Waals surface area contributed by atoms with E-state index in [0.29, 0.717) is 18.5 Å². The van der Waals surface area contributed by atoms with Crippen LogP contribution in [-0.4, -0.2) is 28.7 Å². The molecule has 2 heterocycles. The van der Waals surface area contributed by atoms with Gasteiger partial charge in [-0.25, -0.2) is 8.78 Å². The number of fused-ring (bicyclic) bond motifs is 6. The number of carbonyl (C=O) groups excluding carboxylic acids is 1. The molecule has 2 aliphatic carbocycles. The van der Waals surface area contributed by atoms with Crippen LogP contribution in [0.15, 0.2) is 89.4 Å². The summed E-state index contributed by atoms with van der Waals surface area (Å²) in [7, 11) is 0. The number of hydrogen-bond acceptors (Lipinski definition) is 4. The fraction of sp³-hybridized carbons (Fsp3) is 0.212. The molecule has 3 aliphatic rings. The zero-order valence-electron chi connectivity index (χ0n) is 22.4. The summed E-state index contributed by atoms with van der Waals surface area (Å²) in [5.41, 5.74) is 3.96. The standard InChI is InChI=1S/C33H27F2N3O3/c1-2-36-20-38(37-15-14-29(39)31(30(37)32(36)40)41-19-21-8-4-3-5-9-21)33-23(16-22-10-6-7-11-26(22)33)17-24-25(18-34)28(35)13-12-27(24)33/h3-15,17H,2,16,18-20H2,1H3. The summed E-state index contributed by atoms with van der Waals surface area (Å²) in [6.45, 7) is 1.65. The van der Waals surface area contributed by atoms with Gasteiger partial charge in [0.05, 0.1) is 0 Å². The van der Waals surface area contributed by atoms with E-state index >= 15 is 0 Å². The van der Waals surface area contributed by atoms with Crippen LogP contribution in [0.1, 0.15) is 50.8 Å². The van der Waals surface area contributed by atoms with Gasteiger partial charge in [-0.05, 0) is 52.8 Å². The van der Waals surface area contributed by atoms with Crippen molar-refractivity contribution in [3.8, 4) is 5.75 Å². The van der Waals surface area contributed by atoms with Gasteiger partial charge in [-0.15, -0.1) is 0 Å². The number of hydrogen-bond donors (Lipinski definition) is 0. The van der Waals surface area contributed by atoms with Gasteiger partial charge in [0.2, 0.25) is 5.43 Å². The third-order valence-corrected chi connectivity index (χ3v) is 8.48. The van der Waals surface area contributed by atoms with Gasteiger partial charge in [0.1, 0.15) is 31.3 Å². The number of amides is 1. The van der Waals surface area contributed by atoms with Crippen LogP contribution < -0.4 is 15.2 Å². The summed E-state index contributed by atoms with van der Waals surface area (Å²) in [5.74, 6) is -0.935. The normalized spacial score (nSPS) is 18.5. The molecule has 6 nitrogen and oxygen atoms in total. The van der Waals surface area contributed by atoms with Gasteiger partial charge < -0.3 is 9.64 Å². The predicted molar refractivity (Wildman–Crippen MR) is 151 cm³/mol. The first-order valence-electron chi connectivity index (χ1n) is 13.7. The molecule has 41 heavy (non-hydrogen) atoms. The highest BCUT2D eigenvalue weighted by atomic mass is 19.1. The first kappa shape index (κ1) is 25.3. The number of alkyl halides is 1. The van der Waals surface area contributed by atoms with Gasteiger partial charge in [0.25, 0.3) is 5.91 Å². The minimum atomic E-state index is -0.946. The zero-order chi connectivity index (χ0) is 28.3. The quantitative estimate of drug-likeness (QED) is 0.326. The Morgan fingerprint density at radius 1 is 0.951 bits per heavy atom. The van der Waals surface area contributed by atoms with Crippen LogP contribution in [0.3, 0.4) is 0 Å². The molecular formula is C33H27F2N3O3. The fourth-order valence-electron chi connectivity index (χ4n) is 6.61. The molecule has 0 radical (unpaired) electrons. The van der Waals surface area contributed by atoms with E-state index in [1.54, 1.807) is 21.8 Å². The summed E-state index contributed by atoms with van der Waals surface area (Å²) in [6, 6.07) is 21.9. The summed E-state index contributed by atoms with van der Waals surface area (Å²) >= 11 is 0. The number of benzene rings is 3. The number of nitrogens with zero attached hydrogens (tertiary/aromatic N) is 3. The van der Waals surface area contributed by atoms with E-state index in [1.807, 2.05) is 66.5 Å². The number of halogens is 2. The summed E-state index contributed by atoms with van der Waals surface area (Å²) in [4.78, 5) is 28.7. The van der Waals surface area contributed by atoms with Gasteiger partial charge in [-0.1, -0.05) is 66.7 Å². The lowest BCUT2D eigenvalue weighted by Crippen LogP contribution is -2.62. The van der Waals surface area contributed by atoms with Gasteiger partial charge in [0, 0.05) is 24.4 Å². The first-order chi connectivity index (χ1) is 20.0. The molecule has 7 rings (SSSR count). The third-order valence-electron chi connectivity index (χ3n) is 8.48. The number of carbonyl (C=O) groups is 1. The number of ether oxygens (including phenoxy) is 1. The van der Waals surface area contributed by atoms with Crippen molar-refractivity contribution < 1.29 is 18.3 Å². The molecule has 0 N–H and O–H groups in total. The minimum absolute atomic E-state index is 0.0219. The average Bonchev–Trinajstić information content (AvgIpc) is 3.48. The van der Waals surface area contributed by atoms with Crippen molar-refractivity contribution in [1.82, 2.24) is 9.58 Å². The van der Waals surface area contributed by atoms with E-state index < -0.39 is 23.5 Å². The van der Waals surface area contributed by atoms with Crippen LogP contribution in [-0.2, 0) is 25.2 Å². The maximum absolute atomic E-state index is 14.8. The zero-order valence-corrected chi connectivity index (χ0v) is 22.4. The predicted octanol–water partition coefficient (Wildman–Crippen LogP) is 5.30. The SMILES string of the molecule is CCN1CN(C23C(=Cc4c2ccc(F)c4CF)Cc2ccccc23)n2ccc(=O)c(OCc3ccccc3)c2C1=O. The van der Waals surface area contributed by atoms with Gasteiger partial charge in [-0.2, -0.15) is 0 Å². The Hall–Kier alpha value is -4.72. The second kappa shape index (κ2) is 9.44. The highest BCUT2D eigenvalue weighted by molar-refractivity contribution is 5.96. The number of pyridine rings is 1. The molecule has 0 bridgehead atoms. The van der Waals surface area contributed by atoms with Crippen molar-refractivity contribution in [1.29, 1.82) is 0 Å². The lowest BCUT2D eigenvalue weighted by atomic mass is 9.82. The summed E-state index contributed by atoms with van der Waals surface area (Å²) in [6.07, 6.45) is 4.08. The second-order valence-electron chi connectivity index (χ2n) is 10.5. The van der Waals surface area contributed by atoms with Crippen LogP contribution in [0.25, 0.3) is 6.08 Å². The molecule has 0 fully saturated rings. The second-order valence-corrected chi connectivity index (χ2v) is 10.5. The van der Waals surface area contributed by atoms with Crippen molar-refractivity contribution in [3.63, 3.8) is 0 Å². The van der Waals surface area contributed by atoms with Crippen LogP contribution in [0.4, 0.5) is 8.78 Å². The largest absolute Gasteiger partial charge is 0.482 e. The molecule has 4 aromatic rings. The molecular weight excluding hydrogens is 524 g/mol. The smallest absolute Gasteiger partial charge is 0.277 e. The average molecular weight is 552 g/mol. The summed E-state index contributed by atoms with van der Waals surface area (Å²) in [5, 5.41) is 2.03. The number of aromatic nitrogens is 1. The number of rotatable bonds is 6. The van der Waals surface area contributed by atoms with Crippen molar-refractivity contribution >= 4 is 12.0 Å². The van der Waals surface area contributed by atoms with Gasteiger partial charge in [0.15, 0.2) is 11.4 Å². The molecule has 8 heteroatoms. The Kier molecular flexibility index (Phi) is 5.81. The first-order valence-corrected chi connectivity index (χ1v) is 13.7. The maximum Gasteiger partial charge on any atom is 0.277 e.